The Morgan fingerprint density at radius 1 is 1.07 bits per heavy atom. The van der Waals surface area contributed by atoms with Gasteiger partial charge in [-0.25, -0.2) is 4.39 Å². The van der Waals surface area contributed by atoms with Gasteiger partial charge in [-0.1, -0.05) is 24.9 Å². The molecule has 3 aromatic rings. The molecular formula is C32H37ClFN3O6. The summed E-state index contributed by atoms with van der Waals surface area (Å²) in [5, 5.41) is 15.5. The molecule has 43 heavy (non-hydrogen) atoms. The summed E-state index contributed by atoms with van der Waals surface area (Å²) >= 11 is 6.20. The number of aryl methyl sites for hydroxylation is 3. The van der Waals surface area contributed by atoms with Crippen LogP contribution in [0.25, 0.3) is 11.1 Å². The van der Waals surface area contributed by atoms with Gasteiger partial charge >= 0.3 is 5.97 Å². The maximum absolute atomic E-state index is 15.6. The highest BCUT2D eigenvalue weighted by atomic mass is 35.5. The molecule has 230 valence electrons. The van der Waals surface area contributed by atoms with Gasteiger partial charge in [0.1, 0.15) is 17.4 Å². The van der Waals surface area contributed by atoms with Gasteiger partial charge in [-0.05, 0) is 91.4 Å². The highest BCUT2D eigenvalue weighted by molar-refractivity contribution is 6.30. The third-order valence-electron chi connectivity index (χ3n) is 7.14. The van der Waals surface area contributed by atoms with Gasteiger partial charge in [-0.2, -0.15) is 0 Å². The molecule has 9 nitrogen and oxygen atoms in total. The maximum Gasteiger partial charge on any atom is 0.305 e. The monoisotopic (exact) mass is 613 g/mol. The second-order valence-corrected chi connectivity index (χ2v) is 10.9. The number of aromatic nitrogens is 1. The van der Waals surface area contributed by atoms with Gasteiger partial charge in [0.15, 0.2) is 0 Å². The normalized spacial score (nSPS) is 12.4. The third-order valence-corrected chi connectivity index (χ3v) is 7.36. The Morgan fingerprint density at radius 2 is 1.74 bits per heavy atom. The van der Waals surface area contributed by atoms with E-state index in [0.29, 0.717) is 17.0 Å². The van der Waals surface area contributed by atoms with E-state index in [4.69, 9.17) is 16.3 Å². The van der Waals surface area contributed by atoms with Gasteiger partial charge in [0, 0.05) is 30.4 Å². The molecule has 2 amide bonds. The lowest BCUT2D eigenvalue weighted by Crippen LogP contribution is -2.49. The van der Waals surface area contributed by atoms with E-state index < -0.39 is 47.7 Å². The third kappa shape index (κ3) is 8.30. The molecular weight excluding hydrogens is 577 g/mol. The van der Waals surface area contributed by atoms with E-state index in [1.807, 2.05) is 20.8 Å². The summed E-state index contributed by atoms with van der Waals surface area (Å²) in [5.74, 6) is -3.34. The molecule has 0 saturated heterocycles. The van der Waals surface area contributed by atoms with Crippen molar-refractivity contribution in [2.45, 2.75) is 65.6 Å². The van der Waals surface area contributed by atoms with Crippen LogP contribution >= 0.6 is 11.6 Å². The predicted molar refractivity (Wildman–Crippen MR) is 163 cm³/mol. The summed E-state index contributed by atoms with van der Waals surface area (Å²) in [4.78, 5) is 51.3. The zero-order valence-electron chi connectivity index (χ0n) is 24.9. The molecule has 11 heteroatoms. The fraction of sp³-hybridized carbons (Fsp3) is 0.375. The number of ether oxygens (including phenoxy) is 1. The molecule has 1 heterocycles. The first-order chi connectivity index (χ1) is 20.4. The number of carboxylic acids is 1. The SMILES string of the molecule is CCC[C@H](NC(=O)c1cccn(CCOC)c1=O)C(=O)N[C@@H](CC(=O)O)c1cc(-c2c(C)cc(Cl)cc2C)cc(C)c1F. The van der Waals surface area contributed by atoms with Crippen LogP contribution in [0.15, 0.2) is 47.4 Å². The molecule has 0 unspecified atom stereocenters. The number of hydrogen-bond donors (Lipinski definition) is 3. The number of amides is 2. The second-order valence-electron chi connectivity index (χ2n) is 10.5. The van der Waals surface area contributed by atoms with Crippen LogP contribution in [0.2, 0.25) is 5.02 Å². The number of benzene rings is 2. The molecule has 0 radical (unpaired) electrons. The van der Waals surface area contributed by atoms with Crippen LogP contribution < -0.4 is 16.2 Å². The van der Waals surface area contributed by atoms with Gasteiger partial charge in [0.05, 0.1) is 19.1 Å². The van der Waals surface area contributed by atoms with Crippen LogP contribution in [-0.4, -0.2) is 47.2 Å². The lowest BCUT2D eigenvalue weighted by molar-refractivity contribution is -0.137. The highest BCUT2D eigenvalue weighted by Crippen LogP contribution is 2.34. The van der Waals surface area contributed by atoms with Crippen molar-refractivity contribution in [1.29, 1.82) is 0 Å². The summed E-state index contributed by atoms with van der Waals surface area (Å²) in [6, 6.07) is 7.35. The van der Waals surface area contributed by atoms with Crippen LogP contribution in [0.1, 0.15) is 64.8 Å². The van der Waals surface area contributed by atoms with Crippen LogP contribution in [0.5, 0.6) is 0 Å². The summed E-state index contributed by atoms with van der Waals surface area (Å²) < 4.78 is 21.9. The van der Waals surface area contributed by atoms with Crippen molar-refractivity contribution in [3.8, 4) is 11.1 Å². The number of aliphatic carboxylic acids is 1. The lowest BCUT2D eigenvalue weighted by Gasteiger charge is -2.24. The number of carbonyl (C=O) groups is 3. The van der Waals surface area contributed by atoms with E-state index >= 15 is 4.39 Å². The van der Waals surface area contributed by atoms with Crippen LogP contribution in [0, 0.1) is 26.6 Å². The van der Waals surface area contributed by atoms with E-state index in [1.54, 1.807) is 37.3 Å². The first kappa shape index (κ1) is 33.5. The number of nitrogens with one attached hydrogen (secondary N) is 2. The maximum atomic E-state index is 15.6. The van der Waals surface area contributed by atoms with Crippen molar-refractivity contribution in [1.82, 2.24) is 15.2 Å². The van der Waals surface area contributed by atoms with Crippen molar-refractivity contribution < 1.29 is 28.6 Å². The van der Waals surface area contributed by atoms with E-state index in [0.717, 1.165) is 16.7 Å². The molecule has 0 bridgehead atoms. The molecule has 0 saturated carbocycles. The quantitative estimate of drug-likeness (QED) is 0.246. The standard InChI is InChI=1S/C32H37ClFN3O6/c1-6-8-25(35-30(40)23-9-7-10-37(32(23)42)11-12-43-5)31(41)36-26(17-27(38)39)24-16-21(13-20(4)29(24)34)28-18(2)14-22(33)15-19(28)3/h7,9-10,13-16,25-26H,6,8,11-12,17H2,1-5H3,(H,35,40)(H,36,41)(H,38,39)/t25-,26-/m0/s1. The fourth-order valence-electron chi connectivity index (χ4n) is 5.12. The number of carbonyl (C=O) groups excluding carboxylic acids is 2. The van der Waals surface area contributed by atoms with Crippen molar-refractivity contribution >= 4 is 29.4 Å². The summed E-state index contributed by atoms with van der Waals surface area (Å²) in [5.41, 5.74) is 2.77. The molecule has 0 aliphatic carbocycles. The Balaban J connectivity index is 1.96. The van der Waals surface area contributed by atoms with Crippen molar-refractivity contribution in [3.05, 3.63) is 91.6 Å². The predicted octanol–water partition coefficient (Wildman–Crippen LogP) is 5.11. The average molecular weight is 614 g/mol. The molecule has 0 aliphatic rings. The van der Waals surface area contributed by atoms with Gasteiger partial charge < -0.3 is 25.0 Å². The number of rotatable bonds is 13. The minimum absolute atomic E-state index is 0.00478. The molecule has 0 fully saturated rings. The molecule has 0 aliphatic heterocycles. The van der Waals surface area contributed by atoms with Gasteiger partial charge in [0.2, 0.25) is 5.91 Å². The highest BCUT2D eigenvalue weighted by Gasteiger charge is 2.28. The van der Waals surface area contributed by atoms with Crippen LogP contribution in [0.3, 0.4) is 0 Å². The average Bonchev–Trinajstić information content (AvgIpc) is 2.92. The molecule has 1 aromatic heterocycles. The Bertz CT molecular complexity index is 1550. The zero-order valence-corrected chi connectivity index (χ0v) is 25.7. The summed E-state index contributed by atoms with van der Waals surface area (Å²) in [6.07, 6.45) is 1.63. The van der Waals surface area contributed by atoms with Crippen molar-refractivity contribution in [3.63, 3.8) is 0 Å². The minimum atomic E-state index is -1.25. The van der Waals surface area contributed by atoms with E-state index in [2.05, 4.69) is 10.6 Å². The molecule has 3 N–H and O–H groups in total. The number of nitrogens with zero attached hydrogens (tertiary/aromatic N) is 1. The van der Waals surface area contributed by atoms with E-state index in [1.165, 1.54) is 23.9 Å². The molecule has 3 rings (SSSR count). The van der Waals surface area contributed by atoms with Gasteiger partial charge in [-0.15, -0.1) is 0 Å². The Labute approximate surface area is 255 Å². The van der Waals surface area contributed by atoms with E-state index in [-0.39, 0.29) is 36.3 Å². The first-order valence-corrected chi connectivity index (χ1v) is 14.3. The largest absolute Gasteiger partial charge is 0.481 e. The number of hydrogen-bond acceptors (Lipinski definition) is 5. The number of pyridine rings is 1. The number of halogens is 2. The second kappa shape index (κ2) is 14.9. The van der Waals surface area contributed by atoms with Gasteiger partial charge in [-0.3, -0.25) is 19.2 Å². The van der Waals surface area contributed by atoms with Crippen LogP contribution in [0.4, 0.5) is 4.39 Å². The van der Waals surface area contributed by atoms with E-state index in [9.17, 15) is 24.3 Å². The minimum Gasteiger partial charge on any atom is -0.481 e. The van der Waals surface area contributed by atoms with Crippen molar-refractivity contribution in [2.24, 2.45) is 0 Å². The lowest BCUT2D eigenvalue weighted by atomic mass is 9.90. The smallest absolute Gasteiger partial charge is 0.305 e. The van der Waals surface area contributed by atoms with Crippen LogP contribution in [-0.2, 0) is 20.9 Å². The Morgan fingerprint density at radius 3 is 2.35 bits per heavy atom. The number of methoxy groups -OCH3 is 1. The molecule has 0 spiro atoms. The summed E-state index contributed by atoms with van der Waals surface area (Å²) in [6.45, 7) is 7.64. The number of carboxylic acid groups (broad SMARTS) is 1. The first-order valence-electron chi connectivity index (χ1n) is 14.0. The van der Waals surface area contributed by atoms with Gasteiger partial charge in [0.25, 0.3) is 11.5 Å². The fourth-order valence-corrected chi connectivity index (χ4v) is 5.44. The Hall–Kier alpha value is -4.02. The molecule has 2 aromatic carbocycles. The zero-order chi connectivity index (χ0) is 31.8. The summed E-state index contributed by atoms with van der Waals surface area (Å²) in [7, 11) is 1.50. The topological polar surface area (TPSA) is 127 Å². The Kier molecular flexibility index (Phi) is 11.6. The van der Waals surface area contributed by atoms with Crippen molar-refractivity contribution in [2.75, 3.05) is 13.7 Å². The molecule has 2 atom stereocenters.